The van der Waals surface area contributed by atoms with E-state index < -0.39 is 11.6 Å². The molecular weight excluding hydrogens is 462 g/mol. The maximum absolute atomic E-state index is 14.2. The van der Waals surface area contributed by atoms with Gasteiger partial charge in [-0.1, -0.05) is 30.3 Å². The number of nitrogens with zero attached hydrogens (tertiary/aromatic N) is 2. The van der Waals surface area contributed by atoms with Crippen molar-refractivity contribution in [3.05, 3.63) is 83.7 Å². The average molecular weight is 493 g/mol. The molecule has 1 unspecified atom stereocenters. The van der Waals surface area contributed by atoms with Crippen LogP contribution in [0.15, 0.2) is 60.9 Å². The highest BCUT2D eigenvalue weighted by molar-refractivity contribution is 6.03. The van der Waals surface area contributed by atoms with Gasteiger partial charge in [-0.2, -0.15) is 0 Å². The fourth-order valence-electron chi connectivity index (χ4n) is 5.47. The zero-order valence-corrected chi connectivity index (χ0v) is 20.3. The van der Waals surface area contributed by atoms with Gasteiger partial charge in [-0.05, 0) is 49.1 Å². The van der Waals surface area contributed by atoms with Gasteiger partial charge < -0.3 is 20.3 Å². The molecule has 2 fully saturated rings. The van der Waals surface area contributed by atoms with E-state index in [1.807, 2.05) is 30.3 Å². The number of amides is 1. The zero-order chi connectivity index (χ0) is 25.1. The average Bonchev–Trinajstić information content (AvgIpc) is 3.52. The highest BCUT2D eigenvalue weighted by Crippen LogP contribution is 2.40. The minimum absolute atomic E-state index is 0.00982. The smallest absolute Gasteiger partial charge is 0.255 e. The SMILES string of the molecule is COC[C@@H](NC(=O)c1cncc(-c2cc(F)cc(F)c2)c1N1CCC2(CCCN2)C1)c1ccccc1. The number of nitrogens with one attached hydrogen (secondary N) is 2. The quantitative estimate of drug-likeness (QED) is 0.509. The van der Waals surface area contributed by atoms with E-state index in [-0.39, 0.29) is 17.5 Å². The Hall–Kier alpha value is -3.36. The van der Waals surface area contributed by atoms with Gasteiger partial charge in [0.25, 0.3) is 5.91 Å². The fraction of sp³-hybridized carbons (Fsp3) is 0.357. The predicted octanol–water partition coefficient (Wildman–Crippen LogP) is 4.48. The van der Waals surface area contributed by atoms with E-state index in [0.717, 1.165) is 44.0 Å². The van der Waals surface area contributed by atoms with Crippen LogP contribution in [0.2, 0.25) is 0 Å². The molecule has 2 N–H and O–H groups in total. The van der Waals surface area contributed by atoms with Gasteiger partial charge in [-0.15, -0.1) is 0 Å². The second kappa shape index (κ2) is 10.3. The number of anilines is 1. The molecule has 3 heterocycles. The number of carbonyl (C=O) groups is 1. The maximum Gasteiger partial charge on any atom is 0.255 e. The molecule has 8 heteroatoms. The Morgan fingerprint density at radius 3 is 2.64 bits per heavy atom. The number of methoxy groups -OCH3 is 1. The fourth-order valence-corrected chi connectivity index (χ4v) is 5.47. The molecule has 2 aliphatic rings. The second-order valence-corrected chi connectivity index (χ2v) is 9.62. The van der Waals surface area contributed by atoms with Crippen molar-refractivity contribution in [1.29, 1.82) is 0 Å². The molecule has 5 rings (SSSR count). The lowest BCUT2D eigenvalue weighted by atomic mass is 9.96. The van der Waals surface area contributed by atoms with Crippen molar-refractivity contribution in [2.75, 3.05) is 38.3 Å². The highest BCUT2D eigenvalue weighted by Gasteiger charge is 2.41. The van der Waals surface area contributed by atoms with Gasteiger partial charge in [0, 0.05) is 49.8 Å². The third kappa shape index (κ3) is 4.96. The van der Waals surface area contributed by atoms with Crippen LogP contribution in [-0.4, -0.2) is 49.8 Å². The van der Waals surface area contributed by atoms with E-state index in [2.05, 4.69) is 20.5 Å². The number of carbonyl (C=O) groups excluding carboxylic acids is 1. The topological polar surface area (TPSA) is 66.5 Å². The molecule has 2 atom stereocenters. The van der Waals surface area contributed by atoms with Crippen LogP contribution in [0.3, 0.4) is 0 Å². The van der Waals surface area contributed by atoms with Gasteiger partial charge in [-0.25, -0.2) is 8.78 Å². The number of halogens is 2. The molecule has 2 saturated heterocycles. The van der Waals surface area contributed by atoms with Crippen molar-refractivity contribution >= 4 is 11.6 Å². The summed E-state index contributed by atoms with van der Waals surface area (Å²) in [5.41, 5.74) is 2.79. The van der Waals surface area contributed by atoms with E-state index in [4.69, 9.17) is 4.74 Å². The summed E-state index contributed by atoms with van der Waals surface area (Å²) in [7, 11) is 1.59. The first-order valence-electron chi connectivity index (χ1n) is 12.3. The first-order valence-corrected chi connectivity index (χ1v) is 12.3. The summed E-state index contributed by atoms with van der Waals surface area (Å²) in [4.78, 5) is 20.2. The summed E-state index contributed by atoms with van der Waals surface area (Å²) in [6.45, 7) is 2.70. The van der Waals surface area contributed by atoms with Crippen molar-refractivity contribution in [1.82, 2.24) is 15.6 Å². The molecule has 0 bridgehead atoms. The minimum atomic E-state index is -0.676. The monoisotopic (exact) mass is 492 g/mol. The number of rotatable bonds is 7. The lowest BCUT2D eigenvalue weighted by Gasteiger charge is -2.28. The molecule has 0 saturated carbocycles. The minimum Gasteiger partial charge on any atom is -0.382 e. The van der Waals surface area contributed by atoms with Crippen LogP contribution < -0.4 is 15.5 Å². The lowest BCUT2D eigenvalue weighted by molar-refractivity contribution is 0.0896. The standard InChI is InChI=1S/C28H30F2N4O2/c1-36-17-25(19-6-3-2-4-7-19)33-27(35)24-16-31-15-23(20-12-21(29)14-22(30)13-20)26(24)34-11-9-28(18-34)8-5-10-32-28/h2-4,6-7,12-16,25,32H,5,8-11,17-18H2,1H3,(H,33,35)/t25-,28?/m1/s1. The summed E-state index contributed by atoms with van der Waals surface area (Å²) in [6, 6.07) is 12.6. The van der Waals surface area contributed by atoms with Crippen molar-refractivity contribution in [3.63, 3.8) is 0 Å². The Bertz CT molecular complexity index is 1210. The number of ether oxygens (including phenoxy) is 1. The van der Waals surface area contributed by atoms with Gasteiger partial charge in [-0.3, -0.25) is 9.78 Å². The molecule has 36 heavy (non-hydrogen) atoms. The second-order valence-electron chi connectivity index (χ2n) is 9.62. The molecule has 3 aromatic rings. The summed E-state index contributed by atoms with van der Waals surface area (Å²) >= 11 is 0. The Morgan fingerprint density at radius 1 is 1.17 bits per heavy atom. The molecule has 6 nitrogen and oxygen atoms in total. The first kappa shape index (κ1) is 24.3. The van der Waals surface area contributed by atoms with Crippen molar-refractivity contribution in [2.24, 2.45) is 0 Å². The number of hydrogen-bond acceptors (Lipinski definition) is 5. The molecule has 2 aromatic carbocycles. The maximum atomic E-state index is 14.2. The molecule has 2 aliphatic heterocycles. The molecule has 1 spiro atoms. The lowest BCUT2D eigenvalue weighted by Crippen LogP contribution is -2.42. The summed E-state index contributed by atoms with van der Waals surface area (Å²) < 4.78 is 33.8. The number of hydrogen-bond donors (Lipinski definition) is 2. The molecule has 1 amide bonds. The van der Waals surface area contributed by atoms with Crippen LogP contribution in [0.4, 0.5) is 14.5 Å². The van der Waals surface area contributed by atoms with Crippen molar-refractivity contribution in [2.45, 2.75) is 30.8 Å². The largest absolute Gasteiger partial charge is 0.382 e. The Morgan fingerprint density at radius 2 is 1.94 bits per heavy atom. The van der Waals surface area contributed by atoms with Gasteiger partial charge in [0.15, 0.2) is 0 Å². The van der Waals surface area contributed by atoms with Gasteiger partial charge in [0.1, 0.15) is 11.6 Å². The normalized spacial score (nSPS) is 20.1. The Labute approximate surface area is 209 Å². The van der Waals surface area contributed by atoms with Gasteiger partial charge >= 0.3 is 0 Å². The van der Waals surface area contributed by atoms with Crippen LogP contribution >= 0.6 is 0 Å². The van der Waals surface area contributed by atoms with Crippen molar-refractivity contribution < 1.29 is 18.3 Å². The van der Waals surface area contributed by atoms with E-state index in [1.165, 1.54) is 18.3 Å². The van der Waals surface area contributed by atoms with E-state index in [9.17, 15) is 13.6 Å². The summed E-state index contributed by atoms with van der Waals surface area (Å²) in [5.74, 6) is -1.67. The van der Waals surface area contributed by atoms with Crippen LogP contribution in [-0.2, 0) is 4.74 Å². The van der Waals surface area contributed by atoms with Crippen LogP contribution in [0.5, 0.6) is 0 Å². The molecule has 0 aliphatic carbocycles. The number of benzene rings is 2. The van der Waals surface area contributed by atoms with E-state index >= 15 is 0 Å². The molecular formula is C28H30F2N4O2. The van der Waals surface area contributed by atoms with Gasteiger partial charge in [0.05, 0.1) is 23.9 Å². The highest BCUT2D eigenvalue weighted by atomic mass is 19.1. The third-order valence-electron chi connectivity index (χ3n) is 7.18. The van der Waals surface area contributed by atoms with Crippen molar-refractivity contribution in [3.8, 4) is 11.1 Å². The predicted molar refractivity (Wildman–Crippen MR) is 135 cm³/mol. The van der Waals surface area contributed by atoms with Crippen LogP contribution in [0.25, 0.3) is 11.1 Å². The third-order valence-corrected chi connectivity index (χ3v) is 7.18. The number of pyridine rings is 1. The zero-order valence-electron chi connectivity index (χ0n) is 20.3. The van der Waals surface area contributed by atoms with E-state index in [1.54, 1.807) is 13.3 Å². The van der Waals surface area contributed by atoms with Crippen LogP contribution in [0, 0.1) is 11.6 Å². The Balaban J connectivity index is 1.55. The van der Waals surface area contributed by atoms with Crippen LogP contribution in [0.1, 0.15) is 41.2 Å². The van der Waals surface area contributed by atoms with E-state index in [0.29, 0.717) is 35.5 Å². The molecule has 0 radical (unpaired) electrons. The molecule has 188 valence electrons. The molecule has 1 aromatic heterocycles. The number of aromatic nitrogens is 1. The Kier molecular flexibility index (Phi) is 6.98. The summed E-state index contributed by atoms with van der Waals surface area (Å²) in [6.07, 6.45) is 6.21. The first-order chi connectivity index (χ1) is 17.5. The van der Waals surface area contributed by atoms with Gasteiger partial charge in [0.2, 0.25) is 0 Å². The summed E-state index contributed by atoms with van der Waals surface area (Å²) in [5, 5.41) is 6.72.